The molecule has 7 heteroatoms. The van der Waals surface area contributed by atoms with E-state index in [2.05, 4.69) is 5.32 Å². The molecule has 1 N–H and O–H groups in total. The summed E-state index contributed by atoms with van der Waals surface area (Å²) in [4.78, 5) is 11.5. The highest BCUT2D eigenvalue weighted by Crippen LogP contribution is 2.38. The molecule has 3 rings (SSSR count). The zero-order valence-electron chi connectivity index (χ0n) is 13.7. The molecule has 0 saturated carbocycles. The van der Waals surface area contributed by atoms with Crippen LogP contribution in [-0.4, -0.2) is 25.2 Å². The van der Waals surface area contributed by atoms with Crippen molar-refractivity contribution in [2.24, 2.45) is 0 Å². The fourth-order valence-electron chi connectivity index (χ4n) is 3.06. The van der Waals surface area contributed by atoms with Gasteiger partial charge in [-0.3, -0.25) is 4.79 Å². The number of anilines is 1. The van der Waals surface area contributed by atoms with E-state index in [1.165, 1.54) is 11.2 Å². The third-order valence-corrected chi connectivity index (χ3v) is 6.06. The van der Waals surface area contributed by atoms with E-state index < -0.39 is 10.0 Å². The standard InChI is InChI=1S/C17H20N2O4S/c1-12-7-8-14(18-13(2)20)17(11-12)24(21,22)19-9-3-5-15(19)16-6-4-10-23-16/h4,6-8,10-11,15H,3,5,9H2,1-2H3,(H,18,20)/t15-/m0/s1. The van der Waals surface area contributed by atoms with Crippen molar-refractivity contribution < 1.29 is 17.6 Å². The summed E-state index contributed by atoms with van der Waals surface area (Å²) in [6.07, 6.45) is 3.04. The van der Waals surface area contributed by atoms with Gasteiger partial charge in [-0.05, 0) is 49.6 Å². The molecule has 2 heterocycles. The molecule has 128 valence electrons. The third-order valence-electron chi connectivity index (χ3n) is 4.11. The molecule has 0 radical (unpaired) electrons. The zero-order chi connectivity index (χ0) is 17.3. The number of hydrogen-bond donors (Lipinski definition) is 1. The van der Waals surface area contributed by atoms with Crippen molar-refractivity contribution in [3.8, 4) is 0 Å². The first-order valence-electron chi connectivity index (χ1n) is 7.83. The van der Waals surface area contributed by atoms with E-state index in [0.717, 1.165) is 12.0 Å². The predicted octanol–water partition coefficient (Wildman–Crippen LogP) is 3.07. The number of nitrogens with one attached hydrogen (secondary N) is 1. The fourth-order valence-corrected chi connectivity index (χ4v) is 4.95. The summed E-state index contributed by atoms with van der Waals surface area (Å²) in [5.41, 5.74) is 1.12. The molecule has 1 aromatic heterocycles. The van der Waals surface area contributed by atoms with Gasteiger partial charge in [0.05, 0.1) is 18.0 Å². The van der Waals surface area contributed by atoms with Crippen LogP contribution in [-0.2, 0) is 14.8 Å². The number of aryl methyl sites for hydroxylation is 1. The van der Waals surface area contributed by atoms with Crippen LogP contribution in [0.5, 0.6) is 0 Å². The van der Waals surface area contributed by atoms with Gasteiger partial charge in [0.1, 0.15) is 10.7 Å². The normalized spacial score (nSPS) is 18.7. The Balaban J connectivity index is 2.04. The van der Waals surface area contributed by atoms with Crippen molar-refractivity contribution in [3.05, 3.63) is 47.9 Å². The molecule has 2 aromatic rings. The molecule has 1 atom stereocenters. The lowest BCUT2D eigenvalue weighted by Gasteiger charge is -2.24. The smallest absolute Gasteiger partial charge is 0.245 e. The van der Waals surface area contributed by atoms with Crippen LogP contribution in [0.15, 0.2) is 45.9 Å². The Morgan fingerprint density at radius 2 is 2.12 bits per heavy atom. The van der Waals surface area contributed by atoms with Crippen LogP contribution in [0.4, 0.5) is 5.69 Å². The Bertz CT molecular complexity index is 843. The molecular formula is C17H20N2O4S. The van der Waals surface area contributed by atoms with Gasteiger partial charge in [0.15, 0.2) is 0 Å². The number of sulfonamides is 1. The molecule has 6 nitrogen and oxygen atoms in total. The molecule has 0 bridgehead atoms. The van der Waals surface area contributed by atoms with Crippen molar-refractivity contribution in [1.82, 2.24) is 4.31 Å². The quantitative estimate of drug-likeness (QED) is 0.921. The van der Waals surface area contributed by atoms with Crippen LogP contribution in [0.1, 0.15) is 37.1 Å². The number of rotatable bonds is 4. The van der Waals surface area contributed by atoms with Crippen molar-refractivity contribution in [2.75, 3.05) is 11.9 Å². The SMILES string of the molecule is CC(=O)Nc1ccc(C)cc1S(=O)(=O)N1CCC[C@H]1c1ccco1. The molecule has 1 fully saturated rings. The lowest BCUT2D eigenvalue weighted by Crippen LogP contribution is -2.31. The summed E-state index contributed by atoms with van der Waals surface area (Å²) >= 11 is 0. The second-order valence-electron chi connectivity index (χ2n) is 5.97. The van der Waals surface area contributed by atoms with Gasteiger partial charge in [-0.15, -0.1) is 0 Å². The number of furan rings is 1. The van der Waals surface area contributed by atoms with Gasteiger partial charge in [-0.2, -0.15) is 4.31 Å². The molecule has 1 aromatic carbocycles. The lowest BCUT2D eigenvalue weighted by atomic mass is 10.2. The summed E-state index contributed by atoms with van der Waals surface area (Å²) in [6.45, 7) is 3.61. The van der Waals surface area contributed by atoms with Gasteiger partial charge in [-0.25, -0.2) is 8.42 Å². The first-order valence-corrected chi connectivity index (χ1v) is 9.27. The number of carbonyl (C=O) groups excluding carboxylic acids is 1. The second kappa shape index (κ2) is 6.41. The maximum absolute atomic E-state index is 13.2. The van der Waals surface area contributed by atoms with Gasteiger partial charge < -0.3 is 9.73 Å². The van der Waals surface area contributed by atoms with Gasteiger partial charge >= 0.3 is 0 Å². The zero-order valence-corrected chi connectivity index (χ0v) is 14.5. The fraction of sp³-hybridized carbons (Fsp3) is 0.353. The average molecular weight is 348 g/mol. The molecule has 1 saturated heterocycles. The Morgan fingerprint density at radius 3 is 2.79 bits per heavy atom. The average Bonchev–Trinajstić information content (AvgIpc) is 3.18. The van der Waals surface area contributed by atoms with E-state index in [0.29, 0.717) is 24.4 Å². The third kappa shape index (κ3) is 3.09. The van der Waals surface area contributed by atoms with Crippen molar-refractivity contribution >= 4 is 21.6 Å². The van der Waals surface area contributed by atoms with E-state index in [-0.39, 0.29) is 16.8 Å². The lowest BCUT2D eigenvalue weighted by molar-refractivity contribution is -0.114. The van der Waals surface area contributed by atoms with Crippen LogP contribution in [0.25, 0.3) is 0 Å². The van der Waals surface area contributed by atoms with Crippen LogP contribution >= 0.6 is 0 Å². The molecule has 0 spiro atoms. The monoisotopic (exact) mass is 348 g/mol. The van der Waals surface area contributed by atoms with Crippen molar-refractivity contribution in [1.29, 1.82) is 0 Å². The summed E-state index contributed by atoms with van der Waals surface area (Å²) < 4.78 is 33.3. The van der Waals surface area contributed by atoms with Crippen LogP contribution < -0.4 is 5.32 Å². The number of carbonyl (C=O) groups is 1. The van der Waals surface area contributed by atoms with Crippen LogP contribution in [0.2, 0.25) is 0 Å². The van der Waals surface area contributed by atoms with Crippen molar-refractivity contribution in [2.45, 2.75) is 37.6 Å². The van der Waals surface area contributed by atoms with E-state index in [9.17, 15) is 13.2 Å². The summed E-state index contributed by atoms with van der Waals surface area (Å²) in [6, 6.07) is 8.24. The Morgan fingerprint density at radius 1 is 1.33 bits per heavy atom. The molecule has 1 amide bonds. The molecular weight excluding hydrogens is 328 g/mol. The molecule has 0 unspecified atom stereocenters. The predicted molar refractivity (Wildman–Crippen MR) is 90.1 cm³/mol. The van der Waals surface area contributed by atoms with Gasteiger partial charge in [-0.1, -0.05) is 6.07 Å². The minimum atomic E-state index is -3.75. The number of nitrogens with zero attached hydrogens (tertiary/aromatic N) is 1. The summed E-state index contributed by atoms with van der Waals surface area (Å²) in [5, 5.41) is 2.61. The number of amides is 1. The first-order chi connectivity index (χ1) is 11.4. The Kier molecular flexibility index (Phi) is 4.47. The highest BCUT2D eigenvalue weighted by atomic mass is 32.2. The largest absolute Gasteiger partial charge is 0.468 e. The molecule has 1 aliphatic rings. The van der Waals surface area contributed by atoms with E-state index in [1.807, 2.05) is 6.92 Å². The first kappa shape index (κ1) is 16.7. The van der Waals surface area contributed by atoms with E-state index >= 15 is 0 Å². The van der Waals surface area contributed by atoms with Gasteiger partial charge in [0.25, 0.3) is 0 Å². The topological polar surface area (TPSA) is 79.6 Å². The van der Waals surface area contributed by atoms with Crippen LogP contribution in [0, 0.1) is 6.92 Å². The molecule has 0 aliphatic carbocycles. The summed E-state index contributed by atoms with van der Waals surface area (Å²) in [7, 11) is -3.75. The summed E-state index contributed by atoms with van der Waals surface area (Å²) in [5.74, 6) is 0.337. The highest BCUT2D eigenvalue weighted by Gasteiger charge is 2.38. The maximum Gasteiger partial charge on any atom is 0.245 e. The minimum Gasteiger partial charge on any atom is -0.468 e. The van der Waals surface area contributed by atoms with Crippen molar-refractivity contribution in [3.63, 3.8) is 0 Å². The number of hydrogen-bond acceptors (Lipinski definition) is 4. The van der Waals surface area contributed by atoms with E-state index in [4.69, 9.17) is 4.42 Å². The van der Waals surface area contributed by atoms with Gasteiger partial charge in [0, 0.05) is 13.5 Å². The minimum absolute atomic E-state index is 0.121. The highest BCUT2D eigenvalue weighted by molar-refractivity contribution is 7.89. The van der Waals surface area contributed by atoms with Crippen LogP contribution in [0.3, 0.4) is 0 Å². The van der Waals surface area contributed by atoms with E-state index in [1.54, 1.807) is 36.6 Å². The maximum atomic E-state index is 13.2. The Labute approximate surface area is 141 Å². The van der Waals surface area contributed by atoms with Gasteiger partial charge in [0.2, 0.25) is 15.9 Å². The number of benzene rings is 1. The molecule has 1 aliphatic heterocycles. The second-order valence-corrected chi connectivity index (χ2v) is 7.83. The molecule has 24 heavy (non-hydrogen) atoms. The Hall–Kier alpha value is -2.12.